The van der Waals surface area contributed by atoms with Gasteiger partial charge in [-0.25, -0.2) is 13.8 Å². The number of anilines is 1. The van der Waals surface area contributed by atoms with Gasteiger partial charge in [-0.1, -0.05) is 6.07 Å². The molecular formula is C15H13F2N3. The van der Waals surface area contributed by atoms with E-state index >= 15 is 0 Å². The Balaban J connectivity index is 2.41. The molecule has 102 valence electrons. The van der Waals surface area contributed by atoms with E-state index in [0.29, 0.717) is 28.1 Å². The van der Waals surface area contributed by atoms with Gasteiger partial charge >= 0.3 is 0 Å². The van der Waals surface area contributed by atoms with Gasteiger partial charge in [0.25, 0.3) is 0 Å². The predicted octanol–water partition coefficient (Wildman–Crippen LogP) is 3.50. The van der Waals surface area contributed by atoms with Gasteiger partial charge in [0, 0.05) is 5.69 Å². The number of benzene rings is 2. The van der Waals surface area contributed by atoms with Crippen LogP contribution in [0, 0.1) is 25.5 Å². The van der Waals surface area contributed by atoms with Crippen LogP contribution in [0.25, 0.3) is 16.7 Å². The second-order valence-electron chi connectivity index (χ2n) is 4.77. The fourth-order valence-corrected chi connectivity index (χ4v) is 2.35. The summed E-state index contributed by atoms with van der Waals surface area (Å²) in [6.45, 7) is 3.31. The van der Waals surface area contributed by atoms with E-state index in [9.17, 15) is 8.78 Å². The molecule has 0 unspecified atom stereocenters. The van der Waals surface area contributed by atoms with Crippen LogP contribution in [-0.4, -0.2) is 9.55 Å². The van der Waals surface area contributed by atoms with Crippen molar-refractivity contribution in [3.05, 3.63) is 53.4 Å². The van der Waals surface area contributed by atoms with Gasteiger partial charge in [0.15, 0.2) is 5.82 Å². The van der Waals surface area contributed by atoms with Gasteiger partial charge in [0.1, 0.15) is 17.3 Å². The standard InChI is InChI=1S/C15H13F2N3/c1-8-3-5-11(16)15(14(8)17)20-9(2)19-12-7-10(18)4-6-13(12)20/h3-7H,18H2,1-2H3. The molecule has 0 aliphatic rings. The third kappa shape index (κ3) is 1.74. The summed E-state index contributed by atoms with van der Waals surface area (Å²) in [6, 6.07) is 7.76. The molecule has 1 aromatic heterocycles. The molecule has 0 spiro atoms. The molecule has 0 amide bonds. The van der Waals surface area contributed by atoms with Crippen LogP contribution in [0.5, 0.6) is 0 Å². The summed E-state index contributed by atoms with van der Waals surface area (Å²) >= 11 is 0. The second-order valence-corrected chi connectivity index (χ2v) is 4.77. The Morgan fingerprint density at radius 1 is 1.10 bits per heavy atom. The van der Waals surface area contributed by atoms with E-state index in [-0.39, 0.29) is 5.69 Å². The van der Waals surface area contributed by atoms with E-state index in [0.717, 1.165) is 0 Å². The Morgan fingerprint density at radius 2 is 1.85 bits per heavy atom. The summed E-state index contributed by atoms with van der Waals surface area (Å²) in [4.78, 5) is 4.31. The van der Waals surface area contributed by atoms with Gasteiger partial charge < -0.3 is 5.73 Å². The average Bonchev–Trinajstić information content (AvgIpc) is 2.70. The number of halogens is 2. The fraction of sp³-hybridized carbons (Fsp3) is 0.133. The van der Waals surface area contributed by atoms with Crippen molar-refractivity contribution in [2.45, 2.75) is 13.8 Å². The molecule has 0 saturated heterocycles. The van der Waals surface area contributed by atoms with E-state index in [2.05, 4.69) is 4.98 Å². The van der Waals surface area contributed by atoms with Crippen molar-refractivity contribution in [1.29, 1.82) is 0 Å². The summed E-state index contributed by atoms with van der Waals surface area (Å²) in [5, 5.41) is 0. The monoisotopic (exact) mass is 273 g/mol. The lowest BCUT2D eigenvalue weighted by Crippen LogP contribution is -2.05. The first-order valence-electron chi connectivity index (χ1n) is 6.18. The summed E-state index contributed by atoms with van der Waals surface area (Å²) in [6.07, 6.45) is 0. The lowest BCUT2D eigenvalue weighted by molar-refractivity contribution is 0.563. The molecule has 3 rings (SSSR count). The third-order valence-electron chi connectivity index (χ3n) is 3.33. The number of nitrogens with zero attached hydrogens (tertiary/aromatic N) is 2. The van der Waals surface area contributed by atoms with Gasteiger partial charge in [0.2, 0.25) is 0 Å². The Labute approximate surface area is 114 Å². The van der Waals surface area contributed by atoms with Crippen molar-refractivity contribution >= 4 is 16.7 Å². The average molecular weight is 273 g/mol. The molecule has 0 fully saturated rings. The number of fused-ring (bicyclic) bond motifs is 1. The number of nitrogens with two attached hydrogens (primary N) is 1. The highest BCUT2D eigenvalue weighted by Gasteiger charge is 2.18. The van der Waals surface area contributed by atoms with Crippen LogP contribution in [0.3, 0.4) is 0 Å². The lowest BCUT2D eigenvalue weighted by Gasteiger charge is -2.11. The first kappa shape index (κ1) is 12.6. The zero-order valence-corrected chi connectivity index (χ0v) is 11.1. The Hall–Kier alpha value is -2.43. The molecule has 3 aromatic rings. The minimum Gasteiger partial charge on any atom is -0.399 e. The van der Waals surface area contributed by atoms with E-state index in [1.807, 2.05) is 0 Å². The summed E-state index contributed by atoms with van der Waals surface area (Å²) in [7, 11) is 0. The predicted molar refractivity (Wildman–Crippen MR) is 74.9 cm³/mol. The molecule has 0 aliphatic carbocycles. The largest absolute Gasteiger partial charge is 0.399 e. The molecule has 0 atom stereocenters. The molecule has 2 N–H and O–H groups in total. The van der Waals surface area contributed by atoms with Gasteiger partial charge in [-0.15, -0.1) is 0 Å². The third-order valence-corrected chi connectivity index (χ3v) is 3.33. The van der Waals surface area contributed by atoms with Crippen molar-refractivity contribution in [3.8, 4) is 5.69 Å². The van der Waals surface area contributed by atoms with E-state index in [1.165, 1.54) is 16.7 Å². The van der Waals surface area contributed by atoms with Gasteiger partial charge in [-0.2, -0.15) is 0 Å². The molecule has 0 radical (unpaired) electrons. The van der Waals surface area contributed by atoms with Crippen molar-refractivity contribution < 1.29 is 8.78 Å². The van der Waals surface area contributed by atoms with Crippen LogP contribution in [0.4, 0.5) is 14.5 Å². The lowest BCUT2D eigenvalue weighted by atomic mass is 10.2. The van der Waals surface area contributed by atoms with Gasteiger partial charge in [-0.05, 0) is 43.7 Å². The maximum absolute atomic E-state index is 14.3. The van der Waals surface area contributed by atoms with Crippen LogP contribution >= 0.6 is 0 Å². The highest BCUT2D eigenvalue weighted by Crippen LogP contribution is 2.27. The first-order chi connectivity index (χ1) is 9.49. The van der Waals surface area contributed by atoms with Crippen molar-refractivity contribution in [2.75, 3.05) is 5.73 Å². The number of nitrogen functional groups attached to an aromatic ring is 1. The normalized spacial score (nSPS) is 11.2. The number of hydrogen-bond acceptors (Lipinski definition) is 2. The molecule has 0 bridgehead atoms. The molecule has 20 heavy (non-hydrogen) atoms. The zero-order chi connectivity index (χ0) is 14.4. The van der Waals surface area contributed by atoms with E-state index in [1.54, 1.807) is 32.0 Å². The van der Waals surface area contributed by atoms with Crippen LogP contribution < -0.4 is 5.73 Å². The van der Waals surface area contributed by atoms with Gasteiger partial charge in [-0.3, -0.25) is 4.57 Å². The molecule has 1 heterocycles. The zero-order valence-electron chi connectivity index (χ0n) is 11.1. The molecule has 3 nitrogen and oxygen atoms in total. The van der Waals surface area contributed by atoms with Crippen LogP contribution in [0.2, 0.25) is 0 Å². The smallest absolute Gasteiger partial charge is 0.153 e. The number of hydrogen-bond donors (Lipinski definition) is 1. The topological polar surface area (TPSA) is 43.8 Å². The Bertz CT molecular complexity index is 822. The maximum Gasteiger partial charge on any atom is 0.153 e. The van der Waals surface area contributed by atoms with E-state index < -0.39 is 11.6 Å². The number of rotatable bonds is 1. The molecule has 2 aromatic carbocycles. The summed E-state index contributed by atoms with van der Waals surface area (Å²) < 4.78 is 29.8. The van der Waals surface area contributed by atoms with Crippen LogP contribution in [0.1, 0.15) is 11.4 Å². The quantitative estimate of drug-likeness (QED) is 0.690. The molecule has 0 aliphatic heterocycles. The van der Waals surface area contributed by atoms with Crippen molar-refractivity contribution in [3.63, 3.8) is 0 Å². The fourth-order valence-electron chi connectivity index (χ4n) is 2.35. The Morgan fingerprint density at radius 3 is 2.60 bits per heavy atom. The van der Waals surface area contributed by atoms with Crippen LogP contribution in [-0.2, 0) is 0 Å². The maximum atomic E-state index is 14.3. The van der Waals surface area contributed by atoms with Crippen molar-refractivity contribution in [2.24, 2.45) is 0 Å². The minimum atomic E-state index is -0.618. The molecule has 5 heteroatoms. The van der Waals surface area contributed by atoms with Crippen molar-refractivity contribution in [1.82, 2.24) is 9.55 Å². The number of aromatic nitrogens is 2. The molecule has 0 saturated carbocycles. The SMILES string of the molecule is Cc1ccc(F)c(-n2c(C)nc3cc(N)ccc32)c1F. The highest BCUT2D eigenvalue weighted by molar-refractivity contribution is 5.81. The highest BCUT2D eigenvalue weighted by atomic mass is 19.1. The van der Waals surface area contributed by atoms with E-state index in [4.69, 9.17) is 5.73 Å². The summed E-state index contributed by atoms with van der Waals surface area (Å²) in [5.41, 5.74) is 7.79. The number of aryl methyl sites for hydroxylation is 2. The first-order valence-corrected chi connectivity index (χ1v) is 6.18. The Kier molecular flexibility index (Phi) is 2.71. The van der Waals surface area contributed by atoms with Crippen LogP contribution in [0.15, 0.2) is 30.3 Å². The van der Waals surface area contributed by atoms with Gasteiger partial charge in [0.05, 0.1) is 11.0 Å². The summed E-state index contributed by atoms with van der Waals surface area (Å²) in [5.74, 6) is -0.689. The minimum absolute atomic E-state index is 0.102. The second kappa shape index (κ2) is 4.30. The molecular weight excluding hydrogens is 260 g/mol. The number of imidazole rings is 1.